The predicted molar refractivity (Wildman–Crippen MR) is 89.1 cm³/mol. The lowest BCUT2D eigenvalue weighted by Crippen LogP contribution is -2.21. The number of aryl methyl sites for hydroxylation is 2. The van der Waals surface area contributed by atoms with E-state index in [-0.39, 0.29) is 12.5 Å². The van der Waals surface area contributed by atoms with E-state index < -0.39 is 6.10 Å². The van der Waals surface area contributed by atoms with E-state index in [1.54, 1.807) is 18.2 Å². The van der Waals surface area contributed by atoms with E-state index in [2.05, 4.69) is 6.07 Å². The topological polar surface area (TPSA) is 46.2 Å². The normalized spacial score (nSPS) is 14.0. The van der Waals surface area contributed by atoms with E-state index in [0.29, 0.717) is 15.6 Å². The summed E-state index contributed by atoms with van der Waals surface area (Å²) in [5, 5.41) is 11.8. The highest BCUT2D eigenvalue weighted by atomic mass is 35.5. The minimum absolute atomic E-state index is 0.262. The zero-order chi connectivity index (χ0) is 15.6. The molecule has 112 valence electrons. The maximum Gasteiger partial charge on any atom is 0.0871 e. The molecule has 0 bridgehead atoms. The molecule has 2 aromatic rings. The van der Waals surface area contributed by atoms with Crippen LogP contribution in [0.2, 0.25) is 10.0 Å². The SMILES string of the molecule is Cc1cc(C)cc(C(O)C(CN)c2c(Cl)cccc2Cl)c1. The summed E-state index contributed by atoms with van der Waals surface area (Å²) >= 11 is 12.5. The average Bonchev–Trinajstić information content (AvgIpc) is 2.41. The van der Waals surface area contributed by atoms with E-state index in [0.717, 1.165) is 16.7 Å². The second kappa shape index (κ2) is 6.80. The molecule has 21 heavy (non-hydrogen) atoms. The number of aliphatic hydroxyl groups excluding tert-OH is 1. The van der Waals surface area contributed by atoms with Crippen LogP contribution in [0.25, 0.3) is 0 Å². The van der Waals surface area contributed by atoms with Crippen LogP contribution >= 0.6 is 23.2 Å². The van der Waals surface area contributed by atoms with Crippen LogP contribution in [0, 0.1) is 13.8 Å². The second-order valence-corrected chi connectivity index (χ2v) is 6.16. The number of aliphatic hydroxyl groups is 1. The molecule has 0 aromatic heterocycles. The van der Waals surface area contributed by atoms with Crippen LogP contribution in [0.15, 0.2) is 36.4 Å². The zero-order valence-electron chi connectivity index (χ0n) is 12.1. The number of halogens is 2. The van der Waals surface area contributed by atoms with Crippen molar-refractivity contribution in [3.8, 4) is 0 Å². The van der Waals surface area contributed by atoms with Gasteiger partial charge in [0.1, 0.15) is 0 Å². The summed E-state index contributed by atoms with van der Waals surface area (Å²) in [6.45, 7) is 4.27. The number of nitrogens with two attached hydrogens (primary N) is 1. The molecule has 0 fully saturated rings. The van der Waals surface area contributed by atoms with Gasteiger partial charge in [-0.1, -0.05) is 58.6 Å². The van der Waals surface area contributed by atoms with Crippen molar-refractivity contribution in [2.24, 2.45) is 5.73 Å². The third-order valence-electron chi connectivity index (χ3n) is 3.59. The Bertz CT molecular complexity index is 602. The Kier molecular flexibility index (Phi) is 5.28. The monoisotopic (exact) mass is 323 g/mol. The van der Waals surface area contributed by atoms with Crippen molar-refractivity contribution in [1.82, 2.24) is 0 Å². The molecule has 2 aromatic carbocycles. The van der Waals surface area contributed by atoms with Gasteiger partial charge in [-0.05, 0) is 37.1 Å². The zero-order valence-corrected chi connectivity index (χ0v) is 13.6. The van der Waals surface area contributed by atoms with Crippen molar-refractivity contribution < 1.29 is 5.11 Å². The van der Waals surface area contributed by atoms with Crippen LogP contribution in [-0.2, 0) is 0 Å². The summed E-state index contributed by atoms with van der Waals surface area (Å²) in [4.78, 5) is 0. The second-order valence-electron chi connectivity index (χ2n) is 5.34. The molecule has 2 rings (SSSR count). The molecule has 0 saturated heterocycles. The molecule has 0 radical (unpaired) electrons. The highest BCUT2D eigenvalue weighted by Gasteiger charge is 2.26. The Labute approximate surface area is 135 Å². The lowest BCUT2D eigenvalue weighted by atomic mass is 9.88. The summed E-state index contributed by atoms with van der Waals surface area (Å²) in [6, 6.07) is 11.3. The van der Waals surface area contributed by atoms with Gasteiger partial charge < -0.3 is 10.8 Å². The van der Waals surface area contributed by atoms with Crippen LogP contribution in [0.1, 0.15) is 34.3 Å². The van der Waals surface area contributed by atoms with Crippen molar-refractivity contribution in [2.45, 2.75) is 25.9 Å². The maximum absolute atomic E-state index is 10.7. The average molecular weight is 324 g/mol. The van der Waals surface area contributed by atoms with Crippen LogP contribution in [0.3, 0.4) is 0 Å². The Balaban J connectivity index is 2.45. The minimum atomic E-state index is -0.744. The fraction of sp³-hybridized carbons (Fsp3) is 0.294. The first-order valence-corrected chi connectivity index (χ1v) is 7.60. The number of hydrogen-bond acceptors (Lipinski definition) is 2. The Morgan fingerprint density at radius 2 is 1.57 bits per heavy atom. The van der Waals surface area contributed by atoms with Gasteiger partial charge in [-0.25, -0.2) is 0 Å². The van der Waals surface area contributed by atoms with E-state index in [1.807, 2.05) is 26.0 Å². The van der Waals surface area contributed by atoms with E-state index in [9.17, 15) is 5.11 Å². The molecule has 0 heterocycles. The third-order valence-corrected chi connectivity index (χ3v) is 4.25. The van der Waals surface area contributed by atoms with Crippen LogP contribution in [-0.4, -0.2) is 11.7 Å². The van der Waals surface area contributed by atoms with Crippen LogP contribution in [0.5, 0.6) is 0 Å². The molecule has 2 atom stereocenters. The van der Waals surface area contributed by atoms with Crippen molar-refractivity contribution in [1.29, 1.82) is 0 Å². The van der Waals surface area contributed by atoms with E-state index in [4.69, 9.17) is 28.9 Å². The first-order chi connectivity index (χ1) is 9.93. The fourth-order valence-electron chi connectivity index (χ4n) is 2.68. The smallest absolute Gasteiger partial charge is 0.0871 e. The first kappa shape index (κ1) is 16.3. The van der Waals surface area contributed by atoms with Gasteiger partial charge in [0.25, 0.3) is 0 Å². The molecule has 0 amide bonds. The fourth-order valence-corrected chi connectivity index (χ4v) is 3.36. The van der Waals surface area contributed by atoms with Gasteiger partial charge in [0.05, 0.1) is 6.10 Å². The summed E-state index contributed by atoms with van der Waals surface area (Å²) in [6.07, 6.45) is -0.744. The van der Waals surface area contributed by atoms with E-state index >= 15 is 0 Å². The Hall–Kier alpha value is -1.06. The number of hydrogen-bond donors (Lipinski definition) is 2. The molecule has 0 spiro atoms. The van der Waals surface area contributed by atoms with Crippen molar-refractivity contribution >= 4 is 23.2 Å². The third kappa shape index (κ3) is 3.58. The van der Waals surface area contributed by atoms with E-state index in [1.165, 1.54) is 0 Å². The maximum atomic E-state index is 10.7. The Morgan fingerprint density at radius 1 is 1.05 bits per heavy atom. The van der Waals surface area contributed by atoms with Gasteiger partial charge in [0, 0.05) is 22.5 Å². The molecule has 2 unspecified atom stereocenters. The molecule has 0 aliphatic heterocycles. The molecular formula is C17H19Cl2NO. The number of benzene rings is 2. The van der Waals surface area contributed by atoms with Gasteiger partial charge in [-0.15, -0.1) is 0 Å². The van der Waals surface area contributed by atoms with Crippen LogP contribution in [0.4, 0.5) is 0 Å². The van der Waals surface area contributed by atoms with Gasteiger partial charge in [0.15, 0.2) is 0 Å². The summed E-state index contributed by atoms with van der Waals surface area (Å²) in [5.41, 5.74) is 9.62. The standard InChI is InChI=1S/C17H19Cl2NO/c1-10-6-11(2)8-12(7-10)17(21)13(9-20)16-14(18)4-3-5-15(16)19/h3-8,13,17,21H,9,20H2,1-2H3. The van der Waals surface area contributed by atoms with Crippen molar-refractivity contribution in [3.63, 3.8) is 0 Å². The molecular weight excluding hydrogens is 305 g/mol. The highest BCUT2D eigenvalue weighted by Crippen LogP contribution is 2.38. The predicted octanol–water partition coefficient (Wildman–Crippen LogP) is 4.39. The summed E-state index contributed by atoms with van der Waals surface area (Å²) in [7, 11) is 0. The van der Waals surface area contributed by atoms with Crippen molar-refractivity contribution in [3.05, 3.63) is 68.7 Å². The lowest BCUT2D eigenvalue weighted by molar-refractivity contribution is 0.147. The quantitative estimate of drug-likeness (QED) is 0.876. The first-order valence-electron chi connectivity index (χ1n) is 6.84. The highest BCUT2D eigenvalue weighted by molar-refractivity contribution is 6.36. The molecule has 4 heteroatoms. The Morgan fingerprint density at radius 3 is 2.05 bits per heavy atom. The molecule has 2 nitrogen and oxygen atoms in total. The van der Waals surface area contributed by atoms with Gasteiger partial charge >= 0.3 is 0 Å². The molecule has 0 saturated carbocycles. The van der Waals surface area contributed by atoms with Crippen molar-refractivity contribution in [2.75, 3.05) is 6.54 Å². The lowest BCUT2D eigenvalue weighted by Gasteiger charge is -2.24. The number of rotatable bonds is 4. The summed E-state index contributed by atoms with van der Waals surface area (Å²) < 4.78 is 0. The van der Waals surface area contributed by atoms with Gasteiger partial charge in [-0.3, -0.25) is 0 Å². The van der Waals surface area contributed by atoms with Gasteiger partial charge in [-0.2, -0.15) is 0 Å². The van der Waals surface area contributed by atoms with Gasteiger partial charge in [0.2, 0.25) is 0 Å². The molecule has 0 aliphatic rings. The summed E-state index contributed by atoms with van der Waals surface area (Å²) in [5.74, 6) is -0.340. The molecule has 3 N–H and O–H groups in total. The van der Waals surface area contributed by atoms with Crippen LogP contribution < -0.4 is 5.73 Å². The minimum Gasteiger partial charge on any atom is -0.388 e. The molecule has 0 aliphatic carbocycles. The largest absolute Gasteiger partial charge is 0.388 e.